The molecule has 0 aliphatic heterocycles. The Kier molecular flexibility index (Phi) is 7.26. The fourth-order valence-electron chi connectivity index (χ4n) is 2.46. The van der Waals surface area contributed by atoms with Gasteiger partial charge in [0.15, 0.2) is 18.1 Å². The molecule has 0 fully saturated rings. The Bertz CT molecular complexity index is 1070. The van der Waals surface area contributed by atoms with E-state index in [9.17, 15) is 4.79 Å². The number of nitrogens with one attached hydrogen (secondary N) is 2. The van der Waals surface area contributed by atoms with Gasteiger partial charge in [-0.05, 0) is 46.6 Å². The number of aromatic nitrogens is 1. The highest BCUT2D eigenvalue weighted by atomic mass is 79.9. The molecule has 0 radical (unpaired) electrons. The number of rotatable bonds is 8. The number of nitrogens with two attached hydrogens (primary N) is 1. The van der Waals surface area contributed by atoms with Crippen LogP contribution in [0.3, 0.4) is 0 Å². The lowest BCUT2D eigenvalue weighted by Crippen LogP contribution is -2.20. The highest BCUT2D eigenvalue weighted by Crippen LogP contribution is 2.33. The first kappa shape index (κ1) is 21.6. The van der Waals surface area contributed by atoms with Crippen LogP contribution in [-0.2, 0) is 4.79 Å². The number of nitrogens with zero attached hydrogens (tertiary/aromatic N) is 2. The van der Waals surface area contributed by atoms with Crippen molar-refractivity contribution in [1.29, 1.82) is 0 Å². The first-order chi connectivity index (χ1) is 14.5. The third-order valence-corrected chi connectivity index (χ3v) is 5.40. The molecule has 0 aliphatic rings. The number of thiazole rings is 1. The van der Waals surface area contributed by atoms with E-state index in [0.717, 1.165) is 21.3 Å². The van der Waals surface area contributed by atoms with E-state index in [4.69, 9.17) is 15.2 Å². The smallest absolute Gasteiger partial charge is 0.262 e. The van der Waals surface area contributed by atoms with Crippen molar-refractivity contribution in [3.8, 4) is 11.5 Å². The van der Waals surface area contributed by atoms with Crippen LogP contribution in [0.4, 0.5) is 16.6 Å². The van der Waals surface area contributed by atoms with Crippen LogP contribution in [0.2, 0.25) is 0 Å². The Labute approximate surface area is 186 Å². The highest BCUT2D eigenvalue weighted by molar-refractivity contribution is 9.10. The minimum absolute atomic E-state index is 0.155. The summed E-state index contributed by atoms with van der Waals surface area (Å²) in [5, 5.41) is 9.29. The molecule has 1 aromatic heterocycles. The molecule has 0 saturated carbocycles. The topological polar surface area (TPSA) is 111 Å². The van der Waals surface area contributed by atoms with Gasteiger partial charge >= 0.3 is 0 Å². The van der Waals surface area contributed by atoms with E-state index in [-0.39, 0.29) is 12.5 Å². The molecule has 3 aromatic rings. The molecule has 8 nitrogen and oxygen atoms in total. The molecule has 2 aromatic carbocycles. The largest absolute Gasteiger partial charge is 0.493 e. The first-order valence-corrected chi connectivity index (χ1v) is 10.5. The summed E-state index contributed by atoms with van der Waals surface area (Å²) in [4.78, 5) is 16.3. The number of aryl methyl sites for hydroxylation is 1. The second kappa shape index (κ2) is 10.1. The number of hydrazone groups is 1. The summed E-state index contributed by atoms with van der Waals surface area (Å²) in [5.41, 5.74) is 10.9. The summed E-state index contributed by atoms with van der Waals surface area (Å²) in [7, 11) is 1.53. The van der Waals surface area contributed by atoms with Gasteiger partial charge in [0.25, 0.3) is 5.91 Å². The van der Waals surface area contributed by atoms with Gasteiger partial charge in [0.2, 0.25) is 5.13 Å². The van der Waals surface area contributed by atoms with Crippen molar-refractivity contribution < 1.29 is 14.3 Å². The number of carbonyl (C=O) groups excluding carboxylic acids is 1. The van der Waals surface area contributed by atoms with Gasteiger partial charge in [-0.25, -0.2) is 4.98 Å². The molecule has 0 spiro atoms. The summed E-state index contributed by atoms with van der Waals surface area (Å²) in [5.74, 6) is 1.08. The Balaban J connectivity index is 1.64. The lowest BCUT2D eigenvalue weighted by molar-refractivity contribution is -0.118. The molecular weight excluding hydrogens is 470 g/mol. The average Bonchev–Trinajstić information content (AvgIpc) is 3.14. The number of hydrogen-bond donors (Lipinski definition) is 3. The molecule has 1 heterocycles. The Morgan fingerprint density at radius 1 is 1.33 bits per heavy atom. The minimum atomic E-state index is -0.264. The number of hydrogen-bond acceptors (Lipinski definition) is 8. The number of methoxy groups -OCH3 is 1. The predicted molar refractivity (Wildman–Crippen MR) is 124 cm³/mol. The number of anilines is 3. The zero-order valence-corrected chi connectivity index (χ0v) is 18.7. The van der Waals surface area contributed by atoms with E-state index in [0.29, 0.717) is 22.4 Å². The molecule has 0 aliphatic carbocycles. The number of nitrogen functional groups attached to an aromatic ring is 1. The Hall–Kier alpha value is -3.11. The van der Waals surface area contributed by atoms with Crippen molar-refractivity contribution in [3.05, 3.63) is 57.4 Å². The second-order valence-corrected chi connectivity index (χ2v) is 7.84. The Morgan fingerprint density at radius 3 is 2.83 bits per heavy atom. The quantitative estimate of drug-likeness (QED) is 0.321. The number of para-hydroxylation sites is 1. The number of ether oxygens (including phenoxy) is 2. The summed E-state index contributed by atoms with van der Waals surface area (Å²) < 4.78 is 11.8. The van der Waals surface area contributed by atoms with Gasteiger partial charge in [0.1, 0.15) is 5.82 Å². The van der Waals surface area contributed by atoms with Crippen LogP contribution in [0.25, 0.3) is 0 Å². The molecule has 3 rings (SSSR count). The maximum absolute atomic E-state index is 12.2. The monoisotopic (exact) mass is 489 g/mol. The van der Waals surface area contributed by atoms with E-state index in [1.54, 1.807) is 23.7 Å². The lowest BCUT2D eigenvalue weighted by atomic mass is 10.2. The highest BCUT2D eigenvalue weighted by Gasteiger charge is 2.12. The zero-order chi connectivity index (χ0) is 21.5. The molecule has 0 saturated heterocycles. The molecule has 30 heavy (non-hydrogen) atoms. The van der Waals surface area contributed by atoms with Crippen molar-refractivity contribution in [2.75, 3.05) is 30.2 Å². The maximum Gasteiger partial charge on any atom is 0.262 e. The van der Waals surface area contributed by atoms with E-state index in [1.807, 2.05) is 31.2 Å². The number of amides is 1. The molecule has 10 heteroatoms. The van der Waals surface area contributed by atoms with Gasteiger partial charge in [-0.2, -0.15) is 5.10 Å². The third-order valence-electron chi connectivity index (χ3n) is 3.95. The molecule has 0 unspecified atom stereocenters. The van der Waals surface area contributed by atoms with Gasteiger partial charge in [-0.1, -0.05) is 18.2 Å². The summed E-state index contributed by atoms with van der Waals surface area (Å²) in [6.07, 6.45) is 1.61. The van der Waals surface area contributed by atoms with Crippen molar-refractivity contribution >= 4 is 56.0 Å². The normalized spacial score (nSPS) is 10.8. The minimum Gasteiger partial charge on any atom is -0.493 e. The van der Waals surface area contributed by atoms with Crippen LogP contribution in [0.5, 0.6) is 11.5 Å². The van der Waals surface area contributed by atoms with E-state index in [2.05, 4.69) is 36.8 Å². The molecule has 156 valence electrons. The average molecular weight is 490 g/mol. The van der Waals surface area contributed by atoms with Gasteiger partial charge in [-0.3, -0.25) is 10.2 Å². The van der Waals surface area contributed by atoms with Gasteiger partial charge in [0, 0.05) is 21.1 Å². The SMILES string of the molecule is COc1cc(C=NNc2nc(N)cs2)c(Br)cc1OCC(=O)Nc1ccccc1C. The summed E-state index contributed by atoms with van der Waals surface area (Å²) in [6.45, 7) is 1.77. The van der Waals surface area contributed by atoms with Crippen molar-refractivity contribution in [2.45, 2.75) is 6.92 Å². The first-order valence-electron chi connectivity index (χ1n) is 8.82. The summed E-state index contributed by atoms with van der Waals surface area (Å²) >= 11 is 4.84. The van der Waals surface area contributed by atoms with E-state index in [1.165, 1.54) is 18.4 Å². The maximum atomic E-state index is 12.2. The van der Waals surface area contributed by atoms with Crippen LogP contribution >= 0.6 is 27.3 Å². The summed E-state index contributed by atoms with van der Waals surface area (Å²) in [6, 6.07) is 11.0. The van der Waals surface area contributed by atoms with Crippen LogP contribution in [-0.4, -0.2) is 30.8 Å². The molecule has 4 N–H and O–H groups in total. The van der Waals surface area contributed by atoms with Gasteiger partial charge < -0.3 is 20.5 Å². The molecule has 0 bridgehead atoms. The molecular formula is C20H20BrN5O3S. The van der Waals surface area contributed by atoms with Crippen LogP contribution in [0.1, 0.15) is 11.1 Å². The third kappa shape index (κ3) is 5.71. The van der Waals surface area contributed by atoms with Gasteiger partial charge in [-0.15, -0.1) is 11.3 Å². The van der Waals surface area contributed by atoms with Crippen molar-refractivity contribution in [1.82, 2.24) is 4.98 Å². The number of carbonyl (C=O) groups is 1. The number of benzene rings is 2. The molecule has 1 amide bonds. The van der Waals surface area contributed by atoms with E-state index < -0.39 is 0 Å². The van der Waals surface area contributed by atoms with E-state index >= 15 is 0 Å². The number of halogens is 1. The second-order valence-electron chi connectivity index (χ2n) is 6.12. The van der Waals surface area contributed by atoms with Crippen LogP contribution in [0.15, 0.2) is 51.4 Å². The zero-order valence-electron chi connectivity index (χ0n) is 16.3. The van der Waals surface area contributed by atoms with Crippen LogP contribution in [0, 0.1) is 6.92 Å². The van der Waals surface area contributed by atoms with Crippen LogP contribution < -0.4 is 25.9 Å². The molecule has 0 atom stereocenters. The Morgan fingerprint density at radius 2 is 2.13 bits per heavy atom. The predicted octanol–water partition coefficient (Wildman–Crippen LogP) is 4.27. The standard InChI is InChI=1S/C20H20BrN5O3S/c1-12-5-3-4-6-15(12)24-19(27)10-29-17-8-14(21)13(7-16(17)28-2)9-23-26-20-25-18(22)11-30-20/h3-9,11H,10,22H2,1-2H3,(H,24,27)(H,25,26). The van der Waals surface area contributed by atoms with Crippen molar-refractivity contribution in [3.63, 3.8) is 0 Å². The van der Waals surface area contributed by atoms with Crippen molar-refractivity contribution in [2.24, 2.45) is 5.10 Å². The van der Waals surface area contributed by atoms with Gasteiger partial charge in [0.05, 0.1) is 13.3 Å². The lowest BCUT2D eigenvalue weighted by Gasteiger charge is -2.13. The fraction of sp³-hybridized carbons (Fsp3) is 0.150. The fourth-order valence-corrected chi connectivity index (χ4v) is 3.43.